The molecule has 1 fully saturated rings. The molecule has 0 bridgehead atoms. The lowest BCUT2D eigenvalue weighted by atomic mass is 10.2. The quantitative estimate of drug-likeness (QED) is 0.536. The van der Waals surface area contributed by atoms with Crippen LogP contribution in [-0.4, -0.2) is 52.7 Å². The van der Waals surface area contributed by atoms with E-state index >= 15 is 0 Å². The number of aromatic nitrogens is 3. The van der Waals surface area contributed by atoms with E-state index in [2.05, 4.69) is 44.3 Å². The van der Waals surface area contributed by atoms with E-state index in [1.807, 2.05) is 18.2 Å². The fraction of sp³-hybridized carbons (Fsp3) is 0.261. The summed E-state index contributed by atoms with van der Waals surface area (Å²) < 4.78 is 6.76. The maximum Gasteiger partial charge on any atom is 0.252 e. The number of furan rings is 1. The number of likely N-dealkylation sites (N-methyl/N-ethyl adjacent to an activating group) is 1. The van der Waals surface area contributed by atoms with Crippen LogP contribution in [-0.2, 0) is 6.54 Å². The maximum atomic E-state index is 12.5. The van der Waals surface area contributed by atoms with Gasteiger partial charge in [-0.2, -0.15) is 4.98 Å². The number of nitrogens with zero attached hydrogens (tertiary/aromatic N) is 5. The molecule has 0 spiro atoms. The van der Waals surface area contributed by atoms with E-state index in [1.165, 1.54) is 11.8 Å². The normalized spacial score (nSPS) is 14.8. The van der Waals surface area contributed by atoms with Crippen LogP contribution in [0.1, 0.15) is 5.56 Å². The maximum absolute atomic E-state index is 12.5. The second-order valence-electron chi connectivity index (χ2n) is 7.82. The summed E-state index contributed by atoms with van der Waals surface area (Å²) in [6.07, 6.45) is 4.96. The van der Waals surface area contributed by atoms with Crippen molar-refractivity contribution in [1.29, 1.82) is 0 Å². The Morgan fingerprint density at radius 1 is 1.03 bits per heavy atom. The molecule has 158 valence electrons. The fourth-order valence-electron chi connectivity index (χ4n) is 3.80. The van der Waals surface area contributed by atoms with Crippen molar-refractivity contribution >= 4 is 28.4 Å². The van der Waals surface area contributed by atoms with Gasteiger partial charge in [-0.3, -0.25) is 9.36 Å². The largest absolute Gasteiger partial charge is 0.472 e. The van der Waals surface area contributed by atoms with Crippen molar-refractivity contribution < 1.29 is 4.42 Å². The average Bonchev–Trinajstić information content (AvgIpc) is 3.30. The average molecular weight is 416 g/mol. The third-order valence-corrected chi connectivity index (χ3v) is 5.64. The minimum Gasteiger partial charge on any atom is -0.472 e. The number of hydrogen-bond acceptors (Lipinski definition) is 7. The highest BCUT2D eigenvalue weighted by Gasteiger charge is 2.14. The van der Waals surface area contributed by atoms with Crippen molar-refractivity contribution in [1.82, 2.24) is 19.4 Å². The summed E-state index contributed by atoms with van der Waals surface area (Å²) in [7, 11) is 2.16. The Balaban J connectivity index is 1.38. The number of pyridine rings is 1. The monoisotopic (exact) mass is 416 g/mol. The van der Waals surface area contributed by atoms with Gasteiger partial charge < -0.3 is 19.5 Å². The number of nitrogens with one attached hydrogen (secondary N) is 1. The SMILES string of the molecule is CN1CCN(c2ccc(Nc3ncc4ccc(=O)n(Cc5ccoc5)c4n3)cc2)CC1. The van der Waals surface area contributed by atoms with Crippen LogP contribution in [0.5, 0.6) is 0 Å². The van der Waals surface area contributed by atoms with Gasteiger partial charge in [-0.15, -0.1) is 0 Å². The van der Waals surface area contributed by atoms with E-state index in [0.717, 1.165) is 42.8 Å². The van der Waals surface area contributed by atoms with Crippen LogP contribution in [0, 0.1) is 0 Å². The molecular weight excluding hydrogens is 392 g/mol. The standard InChI is InChI=1S/C23H24N6O2/c1-27-9-11-28(12-10-27)20-5-3-19(4-6-20)25-23-24-14-18-2-7-21(30)29(22(18)26-23)15-17-8-13-31-16-17/h2-8,13-14,16H,9-12,15H2,1H3,(H,24,25,26). The molecule has 0 radical (unpaired) electrons. The minimum atomic E-state index is -0.116. The molecule has 5 rings (SSSR count). The smallest absolute Gasteiger partial charge is 0.252 e. The Morgan fingerprint density at radius 2 is 1.84 bits per heavy atom. The lowest BCUT2D eigenvalue weighted by Gasteiger charge is -2.34. The highest BCUT2D eigenvalue weighted by atomic mass is 16.3. The number of benzene rings is 1. The zero-order valence-electron chi connectivity index (χ0n) is 17.4. The van der Waals surface area contributed by atoms with Gasteiger partial charge in [0.25, 0.3) is 5.56 Å². The molecule has 1 N–H and O–H groups in total. The first-order valence-electron chi connectivity index (χ1n) is 10.3. The molecule has 1 saturated heterocycles. The second kappa shape index (κ2) is 8.23. The van der Waals surface area contributed by atoms with Gasteiger partial charge in [0.1, 0.15) is 5.65 Å². The summed E-state index contributed by atoms with van der Waals surface area (Å²) in [5.41, 5.74) is 3.49. The van der Waals surface area contributed by atoms with Crippen LogP contribution in [0.15, 0.2) is 70.4 Å². The van der Waals surface area contributed by atoms with E-state index < -0.39 is 0 Å². The molecular formula is C23H24N6O2. The Kier molecular flexibility index (Phi) is 5.13. The Labute approximate surface area is 179 Å². The van der Waals surface area contributed by atoms with E-state index in [4.69, 9.17) is 4.42 Å². The first-order chi connectivity index (χ1) is 15.2. The number of rotatable bonds is 5. The van der Waals surface area contributed by atoms with Crippen LogP contribution in [0.3, 0.4) is 0 Å². The van der Waals surface area contributed by atoms with Crippen molar-refractivity contribution in [2.45, 2.75) is 6.54 Å². The van der Waals surface area contributed by atoms with Gasteiger partial charge in [0.05, 0.1) is 19.1 Å². The van der Waals surface area contributed by atoms with E-state index in [1.54, 1.807) is 29.4 Å². The van der Waals surface area contributed by atoms with Crippen molar-refractivity contribution in [2.75, 3.05) is 43.4 Å². The number of fused-ring (bicyclic) bond motifs is 1. The fourth-order valence-corrected chi connectivity index (χ4v) is 3.80. The van der Waals surface area contributed by atoms with Crippen LogP contribution in [0.2, 0.25) is 0 Å². The highest BCUT2D eigenvalue weighted by Crippen LogP contribution is 2.22. The molecule has 4 heterocycles. The summed E-state index contributed by atoms with van der Waals surface area (Å²) >= 11 is 0. The first kappa shape index (κ1) is 19.3. The Morgan fingerprint density at radius 3 is 2.58 bits per heavy atom. The third-order valence-electron chi connectivity index (χ3n) is 5.64. The molecule has 1 aliphatic rings. The minimum absolute atomic E-state index is 0.116. The van der Waals surface area contributed by atoms with Crippen LogP contribution >= 0.6 is 0 Å². The topological polar surface area (TPSA) is 79.4 Å². The predicted molar refractivity (Wildman–Crippen MR) is 121 cm³/mol. The van der Waals surface area contributed by atoms with Gasteiger partial charge in [-0.05, 0) is 43.4 Å². The zero-order chi connectivity index (χ0) is 21.2. The first-order valence-corrected chi connectivity index (χ1v) is 10.3. The van der Waals surface area contributed by atoms with E-state index in [9.17, 15) is 4.79 Å². The van der Waals surface area contributed by atoms with E-state index in [0.29, 0.717) is 18.1 Å². The summed E-state index contributed by atoms with van der Waals surface area (Å²) in [5.74, 6) is 0.450. The molecule has 3 aromatic heterocycles. The second-order valence-corrected chi connectivity index (χ2v) is 7.82. The zero-order valence-corrected chi connectivity index (χ0v) is 17.4. The van der Waals surface area contributed by atoms with Gasteiger partial charge in [0, 0.05) is 60.8 Å². The molecule has 8 nitrogen and oxygen atoms in total. The lowest BCUT2D eigenvalue weighted by molar-refractivity contribution is 0.313. The molecule has 0 saturated carbocycles. The molecule has 8 heteroatoms. The van der Waals surface area contributed by atoms with Crippen molar-refractivity contribution in [2.24, 2.45) is 0 Å². The van der Waals surface area contributed by atoms with Crippen LogP contribution in [0.4, 0.5) is 17.3 Å². The summed E-state index contributed by atoms with van der Waals surface area (Å²) in [6, 6.07) is 13.4. The van der Waals surface area contributed by atoms with Gasteiger partial charge in [-0.1, -0.05) is 0 Å². The molecule has 0 aliphatic carbocycles. The molecule has 0 unspecified atom stereocenters. The number of anilines is 3. The van der Waals surface area contributed by atoms with Crippen molar-refractivity contribution in [3.05, 3.63) is 77.1 Å². The van der Waals surface area contributed by atoms with Crippen LogP contribution < -0.4 is 15.8 Å². The van der Waals surface area contributed by atoms with E-state index in [-0.39, 0.29) is 5.56 Å². The summed E-state index contributed by atoms with van der Waals surface area (Å²) in [6.45, 7) is 4.61. The number of hydrogen-bond donors (Lipinski definition) is 1. The molecule has 0 atom stereocenters. The Bertz CT molecular complexity index is 1230. The molecule has 1 aromatic carbocycles. The third kappa shape index (κ3) is 4.15. The molecule has 1 aliphatic heterocycles. The summed E-state index contributed by atoms with van der Waals surface area (Å²) in [4.78, 5) is 26.3. The predicted octanol–water partition coefficient (Wildman–Crippen LogP) is 2.93. The van der Waals surface area contributed by atoms with Gasteiger partial charge in [0.2, 0.25) is 5.95 Å². The van der Waals surface area contributed by atoms with Gasteiger partial charge in [-0.25, -0.2) is 4.98 Å². The van der Waals surface area contributed by atoms with Crippen molar-refractivity contribution in [3.8, 4) is 0 Å². The molecule has 0 amide bonds. The van der Waals surface area contributed by atoms with Gasteiger partial charge >= 0.3 is 0 Å². The Hall–Kier alpha value is -3.65. The van der Waals surface area contributed by atoms with Crippen molar-refractivity contribution in [3.63, 3.8) is 0 Å². The highest BCUT2D eigenvalue weighted by molar-refractivity contribution is 5.76. The molecule has 4 aromatic rings. The van der Waals surface area contributed by atoms with Gasteiger partial charge in [0.15, 0.2) is 0 Å². The van der Waals surface area contributed by atoms with Crippen LogP contribution in [0.25, 0.3) is 11.0 Å². The molecule has 31 heavy (non-hydrogen) atoms. The number of piperazine rings is 1. The summed E-state index contributed by atoms with van der Waals surface area (Å²) in [5, 5.41) is 4.06. The lowest BCUT2D eigenvalue weighted by Crippen LogP contribution is -2.44.